The van der Waals surface area contributed by atoms with Gasteiger partial charge in [-0.3, -0.25) is 4.79 Å². The minimum Gasteiger partial charge on any atom is -0.478 e. The van der Waals surface area contributed by atoms with Crippen molar-refractivity contribution in [2.24, 2.45) is 0 Å². The van der Waals surface area contributed by atoms with Gasteiger partial charge in [0.2, 0.25) is 0 Å². The molecule has 0 aliphatic heterocycles. The van der Waals surface area contributed by atoms with Crippen molar-refractivity contribution >= 4 is 29.8 Å². The van der Waals surface area contributed by atoms with E-state index in [1.54, 1.807) is 18.2 Å². The molecule has 9 heteroatoms. The molecule has 0 heterocycles. The number of carboxylic acids is 3. The Labute approximate surface area is 151 Å². The molecule has 0 amide bonds. The highest BCUT2D eigenvalue weighted by Gasteiger charge is 2.34. The molecule has 27 heavy (non-hydrogen) atoms. The highest BCUT2D eigenvalue weighted by molar-refractivity contribution is 6.17. The van der Waals surface area contributed by atoms with Crippen molar-refractivity contribution in [2.45, 2.75) is 6.92 Å². The van der Waals surface area contributed by atoms with Crippen LogP contribution in [-0.4, -0.2) is 45.2 Å². The van der Waals surface area contributed by atoms with Gasteiger partial charge in [-0.15, -0.1) is 0 Å². The van der Waals surface area contributed by atoms with Crippen LogP contribution in [0.4, 0.5) is 0 Å². The molecule has 0 radical (unpaired) electrons. The van der Waals surface area contributed by atoms with Crippen LogP contribution in [-0.2, 0) is 9.53 Å². The van der Waals surface area contributed by atoms with E-state index in [0.717, 1.165) is 13.0 Å². The Morgan fingerprint density at radius 2 is 1.33 bits per heavy atom. The molecule has 0 fully saturated rings. The van der Waals surface area contributed by atoms with Crippen LogP contribution < -0.4 is 0 Å². The van der Waals surface area contributed by atoms with E-state index in [9.17, 15) is 39.3 Å². The van der Waals surface area contributed by atoms with Crippen molar-refractivity contribution in [1.82, 2.24) is 0 Å². The topological polar surface area (TPSA) is 155 Å². The molecule has 3 N–H and O–H groups in total. The van der Waals surface area contributed by atoms with Crippen LogP contribution in [0, 0.1) is 0 Å². The maximum atomic E-state index is 12.4. The van der Waals surface area contributed by atoms with Crippen molar-refractivity contribution < 1.29 is 44.0 Å². The predicted octanol–water partition coefficient (Wildman–Crippen LogP) is 2.15. The van der Waals surface area contributed by atoms with E-state index in [1.165, 1.54) is 12.1 Å². The molecule has 0 bridgehead atoms. The molecule has 9 nitrogen and oxygen atoms in total. The molecule has 0 saturated carbocycles. The smallest absolute Gasteiger partial charge is 0.347 e. The van der Waals surface area contributed by atoms with Gasteiger partial charge in [-0.2, -0.15) is 0 Å². The van der Waals surface area contributed by atoms with E-state index < -0.39 is 52.1 Å². The number of carbonyl (C=O) groups is 5. The third-order valence-corrected chi connectivity index (χ3v) is 3.51. The number of benzene rings is 2. The van der Waals surface area contributed by atoms with Crippen molar-refractivity contribution in [3.8, 4) is 11.1 Å². The van der Waals surface area contributed by atoms with Crippen LogP contribution in [0.3, 0.4) is 0 Å². The highest BCUT2D eigenvalue weighted by Crippen LogP contribution is 2.32. The normalized spacial score (nSPS) is 10.1. The highest BCUT2D eigenvalue weighted by atomic mass is 16.6. The molecule has 2 aromatic rings. The Hall–Kier alpha value is -4.01. The van der Waals surface area contributed by atoms with Crippen LogP contribution in [0.25, 0.3) is 11.1 Å². The first-order valence-corrected chi connectivity index (χ1v) is 7.34. The standard InChI is InChI=1S/C18H12O9/c1-8(19)27-18(26)13-10(9-5-3-2-4-6-9)7-11(15(20)21)12(16(22)23)14(13)17(24)25/h2-7H,1H3,(H,20,21)(H,22,23)(H,24,25). The zero-order valence-electron chi connectivity index (χ0n) is 13.8. The quantitative estimate of drug-likeness (QED) is 0.528. The van der Waals surface area contributed by atoms with E-state index in [4.69, 9.17) is 0 Å². The molecule has 138 valence electrons. The summed E-state index contributed by atoms with van der Waals surface area (Å²) in [6.07, 6.45) is 0. The summed E-state index contributed by atoms with van der Waals surface area (Å²) in [6, 6.07) is 8.49. The minimum absolute atomic E-state index is 0.193. The molecule has 0 aromatic heterocycles. The summed E-state index contributed by atoms with van der Waals surface area (Å²) in [4.78, 5) is 58.3. The van der Waals surface area contributed by atoms with Gasteiger partial charge in [0.15, 0.2) is 0 Å². The maximum absolute atomic E-state index is 12.4. The van der Waals surface area contributed by atoms with Gasteiger partial charge in [0.1, 0.15) is 0 Å². The summed E-state index contributed by atoms with van der Waals surface area (Å²) < 4.78 is 4.44. The lowest BCUT2D eigenvalue weighted by Crippen LogP contribution is -2.22. The number of rotatable bonds is 5. The second-order valence-electron chi connectivity index (χ2n) is 5.26. The SMILES string of the molecule is CC(=O)OC(=O)c1c(-c2ccccc2)cc(C(=O)O)c(C(=O)O)c1C(=O)O. The van der Waals surface area contributed by atoms with Gasteiger partial charge in [-0.1, -0.05) is 30.3 Å². The van der Waals surface area contributed by atoms with Crippen molar-refractivity contribution in [2.75, 3.05) is 0 Å². The van der Waals surface area contributed by atoms with Crippen molar-refractivity contribution in [1.29, 1.82) is 0 Å². The van der Waals surface area contributed by atoms with Gasteiger partial charge < -0.3 is 20.1 Å². The van der Waals surface area contributed by atoms with Gasteiger partial charge in [0.25, 0.3) is 0 Å². The molecule has 0 unspecified atom stereocenters. The minimum atomic E-state index is -1.86. The number of aromatic carboxylic acids is 3. The molecule has 0 aliphatic carbocycles. The van der Waals surface area contributed by atoms with E-state index in [1.807, 2.05) is 0 Å². The fourth-order valence-corrected chi connectivity index (χ4v) is 2.53. The lowest BCUT2D eigenvalue weighted by molar-refractivity contribution is -0.135. The van der Waals surface area contributed by atoms with Crippen LogP contribution >= 0.6 is 0 Å². The van der Waals surface area contributed by atoms with Crippen molar-refractivity contribution in [3.63, 3.8) is 0 Å². The number of esters is 2. The summed E-state index contributed by atoms with van der Waals surface area (Å²) in [5.41, 5.74) is -3.68. The Morgan fingerprint density at radius 1 is 0.778 bits per heavy atom. The van der Waals surface area contributed by atoms with Gasteiger partial charge >= 0.3 is 29.8 Å². The summed E-state index contributed by atoms with van der Waals surface area (Å²) in [7, 11) is 0. The van der Waals surface area contributed by atoms with Gasteiger partial charge in [0.05, 0.1) is 22.3 Å². The fourth-order valence-electron chi connectivity index (χ4n) is 2.53. The maximum Gasteiger partial charge on any atom is 0.347 e. The summed E-state index contributed by atoms with van der Waals surface area (Å²) in [5.74, 6) is -7.87. The second-order valence-corrected chi connectivity index (χ2v) is 5.26. The van der Waals surface area contributed by atoms with Gasteiger partial charge in [0, 0.05) is 6.92 Å². The predicted molar refractivity (Wildman–Crippen MR) is 88.9 cm³/mol. The van der Waals surface area contributed by atoms with E-state index in [-0.39, 0.29) is 11.1 Å². The summed E-state index contributed by atoms with van der Waals surface area (Å²) in [6.45, 7) is 0.907. The van der Waals surface area contributed by atoms with E-state index >= 15 is 0 Å². The third-order valence-electron chi connectivity index (χ3n) is 3.51. The molecule has 0 saturated heterocycles. The number of carbonyl (C=O) groups excluding carboxylic acids is 2. The lowest BCUT2D eigenvalue weighted by Gasteiger charge is -2.16. The number of hydrogen-bond donors (Lipinski definition) is 3. The zero-order valence-corrected chi connectivity index (χ0v) is 13.8. The molecular formula is C18H12O9. The van der Waals surface area contributed by atoms with E-state index in [0.29, 0.717) is 0 Å². The monoisotopic (exact) mass is 372 g/mol. The average Bonchev–Trinajstić information content (AvgIpc) is 2.59. The van der Waals surface area contributed by atoms with Crippen molar-refractivity contribution in [3.05, 3.63) is 58.7 Å². The first kappa shape index (κ1) is 19.3. The largest absolute Gasteiger partial charge is 0.478 e. The van der Waals surface area contributed by atoms with Crippen LogP contribution in [0.2, 0.25) is 0 Å². The Morgan fingerprint density at radius 3 is 1.78 bits per heavy atom. The summed E-state index contributed by atoms with van der Waals surface area (Å²) in [5, 5.41) is 28.2. The Kier molecular flexibility index (Phi) is 5.35. The molecule has 2 aromatic carbocycles. The molecule has 2 rings (SSSR count). The summed E-state index contributed by atoms with van der Waals surface area (Å²) >= 11 is 0. The van der Waals surface area contributed by atoms with Gasteiger partial charge in [-0.25, -0.2) is 19.2 Å². The zero-order chi connectivity index (χ0) is 20.3. The average molecular weight is 372 g/mol. The van der Waals surface area contributed by atoms with Gasteiger partial charge in [-0.05, 0) is 17.2 Å². The lowest BCUT2D eigenvalue weighted by atomic mass is 9.88. The number of ether oxygens (including phenoxy) is 1. The molecule has 0 atom stereocenters. The number of hydrogen-bond acceptors (Lipinski definition) is 6. The second kappa shape index (κ2) is 7.48. The molecule has 0 spiro atoms. The Balaban J connectivity index is 3.04. The Bertz CT molecular complexity index is 974. The molecule has 0 aliphatic rings. The fraction of sp³-hybridized carbons (Fsp3) is 0.0556. The van der Waals surface area contributed by atoms with Crippen LogP contribution in [0.1, 0.15) is 48.4 Å². The number of carboxylic acid groups (broad SMARTS) is 3. The first-order chi connectivity index (χ1) is 12.6. The third kappa shape index (κ3) is 3.82. The van der Waals surface area contributed by atoms with Crippen LogP contribution in [0.5, 0.6) is 0 Å². The van der Waals surface area contributed by atoms with E-state index in [2.05, 4.69) is 4.74 Å². The molecular weight excluding hydrogens is 360 g/mol. The first-order valence-electron chi connectivity index (χ1n) is 7.34. The van der Waals surface area contributed by atoms with Crippen LogP contribution in [0.15, 0.2) is 36.4 Å².